The number of likely N-dealkylation sites (tertiary alicyclic amines) is 1. The van der Waals surface area contributed by atoms with Gasteiger partial charge in [0.2, 0.25) is 21.8 Å². The average Bonchev–Trinajstić information content (AvgIpc) is 3.27. The van der Waals surface area contributed by atoms with Crippen LogP contribution >= 0.6 is 0 Å². The summed E-state index contributed by atoms with van der Waals surface area (Å²) in [6.07, 6.45) is 4.12. The third-order valence-corrected chi connectivity index (χ3v) is 8.19. The number of aryl methyl sites for hydroxylation is 1. The smallest absolute Gasteiger partial charge is 0.243 e. The van der Waals surface area contributed by atoms with Gasteiger partial charge in [0.25, 0.3) is 0 Å². The molecule has 2 amide bonds. The first-order chi connectivity index (χ1) is 13.3. The molecule has 0 bridgehead atoms. The van der Waals surface area contributed by atoms with Crippen LogP contribution in [-0.2, 0) is 19.6 Å². The molecule has 0 aliphatic carbocycles. The highest BCUT2D eigenvalue weighted by atomic mass is 32.2. The second-order valence-electron chi connectivity index (χ2n) is 8.28. The maximum Gasteiger partial charge on any atom is 0.243 e. The molecule has 1 aromatic rings. The van der Waals surface area contributed by atoms with Crippen LogP contribution in [0.3, 0.4) is 0 Å². The molecule has 28 heavy (non-hydrogen) atoms. The number of carbonyl (C=O) groups is 2. The molecule has 7 nitrogen and oxygen atoms in total. The molecule has 0 saturated carbocycles. The summed E-state index contributed by atoms with van der Waals surface area (Å²) in [6, 6.07) is 6.12. The third-order valence-electron chi connectivity index (χ3n) is 6.27. The number of hydrogen-bond donors (Lipinski definition) is 1. The Morgan fingerprint density at radius 2 is 1.89 bits per heavy atom. The SMILES string of the molecule is Cc1ccc(S(=O)(=O)N2CCCCC2C(=O)N2CCC3(CCC(=O)N3)C2)cc1. The maximum atomic E-state index is 13.3. The molecule has 4 rings (SSSR count). The highest BCUT2D eigenvalue weighted by Gasteiger charge is 2.47. The molecule has 3 aliphatic heterocycles. The lowest BCUT2D eigenvalue weighted by Crippen LogP contribution is -2.53. The first-order valence-electron chi connectivity index (χ1n) is 9.99. The van der Waals surface area contributed by atoms with Gasteiger partial charge in [0, 0.05) is 26.1 Å². The first-order valence-corrected chi connectivity index (χ1v) is 11.4. The van der Waals surface area contributed by atoms with Gasteiger partial charge in [-0.15, -0.1) is 0 Å². The molecule has 1 aromatic carbocycles. The van der Waals surface area contributed by atoms with Crippen LogP contribution in [0.2, 0.25) is 0 Å². The molecule has 3 heterocycles. The Bertz CT molecular complexity index is 883. The fraction of sp³-hybridized carbons (Fsp3) is 0.600. The standard InChI is InChI=1S/C20H27N3O4S/c1-15-5-7-16(8-6-15)28(26,27)23-12-3-2-4-17(23)19(25)22-13-11-20(14-22)10-9-18(24)21-20/h5-8,17H,2-4,9-14H2,1H3,(H,21,24). The van der Waals surface area contributed by atoms with Crippen molar-refractivity contribution in [2.24, 2.45) is 0 Å². The van der Waals surface area contributed by atoms with Crippen molar-refractivity contribution in [1.29, 1.82) is 0 Å². The van der Waals surface area contributed by atoms with Crippen molar-refractivity contribution < 1.29 is 18.0 Å². The van der Waals surface area contributed by atoms with Crippen LogP contribution in [0.1, 0.15) is 44.1 Å². The van der Waals surface area contributed by atoms with Gasteiger partial charge in [0.1, 0.15) is 6.04 Å². The average molecular weight is 406 g/mol. The number of benzene rings is 1. The molecule has 3 saturated heterocycles. The predicted octanol–water partition coefficient (Wildman–Crippen LogP) is 1.42. The summed E-state index contributed by atoms with van der Waals surface area (Å²) in [5, 5.41) is 3.02. The van der Waals surface area contributed by atoms with Crippen LogP contribution in [0.4, 0.5) is 0 Å². The number of nitrogens with one attached hydrogen (secondary N) is 1. The molecule has 3 aliphatic rings. The fourth-order valence-corrected chi connectivity index (χ4v) is 6.29. The summed E-state index contributed by atoms with van der Waals surface area (Å²) < 4.78 is 27.8. The quantitative estimate of drug-likeness (QED) is 0.824. The summed E-state index contributed by atoms with van der Waals surface area (Å²) in [5.41, 5.74) is 0.674. The third kappa shape index (κ3) is 3.43. The Morgan fingerprint density at radius 1 is 1.14 bits per heavy atom. The van der Waals surface area contributed by atoms with E-state index < -0.39 is 16.1 Å². The molecule has 0 radical (unpaired) electrons. The van der Waals surface area contributed by atoms with Gasteiger partial charge >= 0.3 is 0 Å². The van der Waals surface area contributed by atoms with E-state index in [0.717, 1.165) is 31.2 Å². The van der Waals surface area contributed by atoms with Gasteiger partial charge in [-0.2, -0.15) is 4.31 Å². The van der Waals surface area contributed by atoms with Gasteiger partial charge in [-0.1, -0.05) is 24.1 Å². The van der Waals surface area contributed by atoms with Crippen LogP contribution in [0.25, 0.3) is 0 Å². The number of carbonyl (C=O) groups excluding carboxylic acids is 2. The second-order valence-corrected chi connectivity index (χ2v) is 10.2. The largest absolute Gasteiger partial charge is 0.349 e. The molecule has 2 atom stereocenters. The summed E-state index contributed by atoms with van der Waals surface area (Å²) in [4.78, 5) is 26.9. The van der Waals surface area contributed by atoms with Crippen molar-refractivity contribution in [3.05, 3.63) is 29.8 Å². The molecular weight excluding hydrogens is 378 g/mol. The van der Waals surface area contributed by atoms with Crippen molar-refractivity contribution in [1.82, 2.24) is 14.5 Å². The van der Waals surface area contributed by atoms with Gasteiger partial charge in [0.05, 0.1) is 10.4 Å². The molecule has 1 N–H and O–H groups in total. The van der Waals surface area contributed by atoms with E-state index in [0.29, 0.717) is 32.5 Å². The zero-order valence-corrected chi connectivity index (χ0v) is 17.0. The van der Waals surface area contributed by atoms with E-state index in [1.807, 2.05) is 6.92 Å². The minimum atomic E-state index is -3.72. The first kappa shape index (κ1) is 19.4. The monoisotopic (exact) mass is 405 g/mol. The Morgan fingerprint density at radius 3 is 2.57 bits per heavy atom. The number of amides is 2. The van der Waals surface area contributed by atoms with Gasteiger partial charge in [-0.3, -0.25) is 9.59 Å². The lowest BCUT2D eigenvalue weighted by molar-refractivity contribution is -0.135. The molecule has 2 unspecified atom stereocenters. The second kappa shape index (κ2) is 7.15. The van der Waals surface area contributed by atoms with Crippen LogP contribution in [0.5, 0.6) is 0 Å². The van der Waals surface area contributed by atoms with E-state index >= 15 is 0 Å². The van der Waals surface area contributed by atoms with Crippen molar-refractivity contribution in [3.63, 3.8) is 0 Å². The predicted molar refractivity (Wildman–Crippen MR) is 104 cm³/mol. The minimum Gasteiger partial charge on any atom is -0.349 e. The zero-order valence-electron chi connectivity index (χ0n) is 16.2. The van der Waals surface area contributed by atoms with E-state index in [-0.39, 0.29) is 22.2 Å². The highest BCUT2D eigenvalue weighted by Crippen LogP contribution is 2.33. The molecule has 0 aromatic heterocycles. The van der Waals surface area contributed by atoms with Crippen molar-refractivity contribution >= 4 is 21.8 Å². The lowest BCUT2D eigenvalue weighted by Gasteiger charge is -2.36. The maximum absolute atomic E-state index is 13.3. The molecular formula is C20H27N3O4S. The van der Waals surface area contributed by atoms with E-state index in [4.69, 9.17) is 0 Å². The Kier molecular flexibility index (Phi) is 4.95. The summed E-state index contributed by atoms with van der Waals surface area (Å²) >= 11 is 0. The van der Waals surface area contributed by atoms with Gasteiger partial charge in [-0.05, 0) is 44.7 Å². The van der Waals surface area contributed by atoms with Crippen molar-refractivity contribution in [3.8, 4) is 0 Å². The van der Waals surface area contributed by atoms with E-state index in [1.54, 1.807) is 29.2 Å². The van der Waals surface area contributed by atoms with Crippen LogP contribution in [0.15, 0.2) is 29.2 Å². The zero-order chi connectivity index (χ0) is 19.9. The minimum absolute atomic E-state index is 0.0375. The normalized spacial score (nSPS) is 28.7. The van der Waals surface area contributed by atoms with Crippen LogP contribution < -0.4 is 5.32 Å². The topological polar surface area (TPSA) is 86.8 Å². The Hall–Kier alpha value is -1.93. The summed E-state index contributed by atoms with van der Waals surface area (Å²) in [5.74, 6) is -0.0936. The number of piperidine rings is 1. The van der Waals surface area contributed by atoms with Crippen molar-refractivity contribution in [2.75, 3.05) is 19.6 Å². The van der Waals surface area contributed by atoms with E-state index in [9.17, 15) is 18.0 Å². The van der Waals surface area contributed by atoms with Gasteiger partial charge < -0.3 is 10.2 Å². The lowest BCUT2D eigenvalue weighted by atomic mass is 9.97. The van der Waals surface area contributed by atoms with Crippen molar-refractivity contribution in [2.45, 2.75) is 61.9 Å². The molecule has 152 valence electrons. The van der Waals surface area contributed by atoms with E-state index in [2.05, 4.69) is 5.32 Å². The number of sulfonamides is 1. The number of nitrogens with zero attached hydrogens (tertiary/aromatic N) is 2. The highest BCUT2D eigenvalue weighted by molar-refractivity contribution is 7.89. The van der Waals surface area contributed by atoms with Crippen LogP contribution in [0, 0.1) is 6.92 Å². The molecule has 8 heteroatoms. The summed E-state index contributed by atoms with van der Waals surface area (Å²) in [7, 11) is -3.72. The fourth-order valence-electron chi connectivity index (χ4n) is 4.64. The Labute approximate surface area is 166 Å². The molecule has 3 fully saturated rings. The van der Waals surface area contributed by atoms with Crippen LogP contribution in [-0.4, -0.2) is 60.7 Å². The Balaban J connectivity index is 1.55. The number of hydrogen-bond acceptors (Lipinski definition) is 4. The molecule has 1 spiro atoms. The van der Waals surface area contributed by atoms with Gasteiger partial charge in [-0.25, -0.2) is 8.42 Å². The van der Waals surface area contributed by atoms with E-state index in [1.165, 1.54) is 4.31 Å². The summed E-state index contributed by atoms with van der Waals surface area (Å²) in [6.45, 7) is 3.32. The van der Waals surface area contributed by atoms with Gasteiger partial charge in [0.15, 0.2) is 0 Å². The number of rotatable bonds is 3.